The summed E-state index contributed by atoms with van der Waals surface area (Å²) in [5.41, 5.74) is 1.77. The summed E-state index contributed by atoms with van der Waals surface area (Å²) in [6.45, 7) is 1.86. The molecule has 0 heterocycles. The zero-order chi connectivity index (χ0) is 15.8. The Balaban J connectivity index is 1.97. The zero-order valence-electron chi connectivity index (χ0n) is 12.2. The maximum Gasteiger partial charge on any atom is 0.124 e. The molecule has 0 saturated heterocycles. The molecule has 2 N–H and O–H groups in total. The fourth-order valence-electron chi connectivity index (χ4n) is 2.01. The molecular formula is C17H19ClFNO2. The van der Waals surface area contributed by atoms with E-state index in [2.05, 4.69) is 5.32 Å². The molecule has 3 nitrogen and oxygen atoms in total. The van der Waals surface area contributed by atoms with E-state index in [1.807, 2.05) is 24.3 Å². The fourth-order valence-corrected chi connectivity index (χ4v) is 2.23. The molecule has 22 heavy (non-hydrogen) atoms. The van der Waals surface area contributed by atoms with Gasteiger partial charge in [-0.05, 0) is 31.2 Å². The molecule has 0 spiro atoms. The number of hydrogen-bond acceptors (Lipinski definition) is 3. The molecule has 0 fully saturated rings. The van der Waals surface area contributed by atoms with Crippen molar-refractivity contribution in [3.8, 4) is 5.75 Å². The smallest absolute Gasteiger partial charge is 0.124 e. The zero-order valence-corrected chi connectivity index (χ0v) is 12.9. The lowest BCUT2D eigenvalue weighted by Gasteiger charge is -2.13. The van der Waals surface area contributed by atoms with Crippen molar-refractivity contribution in [3.05, 3.63) is 64.4 Å². The molecule has 0 saturated carbocycles. The van der Waals surface area contributed by atoms with Crippen molar-refractivity contribution >= 4 is 11.6 Å². The average molecular weight is 324 g/mol. The number of aliphatic hydroxyl groups is 1. The number of ether oxygens (including phenoxy) is 1. The number of aliphatic hydroxyl groups excluding tert-OH is 1. The predicted molar refractivity (Wildman–Crippen MR) is 85.6 cm³/mol. The monoisotopic (exact) mass is 323 g/mol. The molecule has 2 aromatic carbocycles. The van der Waals surface area contributed by atoms with Crippen molar-refractivity contribution in [1.82, 2.24) is 5.32 Å². The Morgan fingerprint density at radius 1 is 1.14 bits per heavy atom. The van der Waals surface area contributed by atoms with Crippen LogP contribution < -0.4 is 10.1 Å². The molecule has 0 aliphatic heterocycles. The van der Waals surface area contributed by atoms with Gasteiger partial charge in [0.2, 0.25) is 0 Å². The van der Waals surface area contributed by atoms with Crippen LogP contribution in [-0.2, 0) is 13.2 Å². The standard InChI is InChI=1S/C17H19ClFNO2/c18-16-10-15(19)7-6-14(16)12-22-17-5-2-1-4-13(17)11-20-8-3-9-21/h1-2,4-7,10,20-21H,3,8-9,11-12H2. The van der Waals surface area contributed by atoms with Gasteiger partial charge in [0.05, 0.1) is 5.02 Å². The summed E-state index contributed by atoms with van der Waals surface area (Å²) in [5.74, 6) is 0.404. The van der Waals surface area contributed by atoms with Crippen molar-refractivity contribution in [2.75, 3.05) is 13.2 Å². The first kappa shape index (κ1) is 16.7. The van der Waals surface area contributed by atoms with Crippen LogP contribution in [0.1, 0.15) is 17.5 Å². The van der Waals surface area contributed by atoms with E-state index in [9.17, 15) is 4.39 Å². The fraction of sp³-hybridized carbons (Fsp3) is 0.294. The van der Waals surface area contributed by atoms with E-state index in [1.54, 1.807) is 6.07 Å². The molecule has 0 atom stereocenters. The normalized spacial score (nSPS) is 10.7. The van der Waals surface area contributed by atoms with Crippen LogP contribution in [0.3, 0.4) is 0 Å². The number of nitrogens with one attached hydrogen (secondary N) is 1. The maximum absolute atomic E-state index is 13.0. The Hall–Kier alpha value is -1.62. The van der Waals surface area contributed by atoms with Crippen LogP contribution >= 0.6 is 11.6 Å². The third kappa shape index (κ3) is 4.98. The third-order valence-corrected chi connectivity index (χ3v) is 3.55. The molecular weight excluding hydrogens is 305 g/mol. The van der Waals surface area contributed by atoms with Crippen LogP contribution in [0, 0.1) is 5.82 Å². The lowest BCUT2D eigenvalue weighted by atomic mass is 10.2. The SMILES string of the molecule is OCCCNCc1ccccc1OCc1ccc(F)cc1Cl. The highest BCUT2D eigenvalue weighted by molar-refractivity contribution is 6.31. The topological polar surface area (TPSA) is 41.5 Å². The largest absolute Gasteiger partial charge is 0.489 e. The van der Waals surface area contributed by atoms with Gasteiger partial charge in [0, 0.05) is 24.3 Å². The second-order valence-electron chi connectivity index (χ2n) is 4.89. The average Bonchev–Trinajstić information content (AvgIpc) is 2.52. The van der Waals surface area contributed by atoms with Gasteiger partial charge in [0.15, 0.2) is 0 Å². The van der Waals surface area contributed by atoms with Crippen molar-refractivity contribution < 1.29 is 14.2 Å². The first-order valence-electron chi connectivity index (χ1n) is 7.17. The summed E-state index contributed by atoms with van der Waals surface area (Å²) in [5, 5.41) is 12.4. The van der Waals surface area contributed by atoms with Crippen molar-refractivity contribution in [2.45, 2.75) is 19.6 Å². The summed E-state index contributed by atoms with van der Waals surface area (Å²) in [4.78, 5) is 0. The van der Waals surface area contributed by atoms with Crippen LogP contribution in [0.15, 0.2) is 42.5 Å². The summed E-state index contributed by atoms with van der Waals surface area (Å²) >= 11 is 6.00. The number of benzene rings is 2. The van der Waals surface area contributed by atoms with Crippen molar-refractivity contribution in [2.24, 2.45) is 0 Å². The third-order valence-electron chi connectivity index (χ3n) is 3.20. The molecule has 2 rings (SSSR count). The molecule has 0 amide bonds. The molecule has 0 aromatic heterocycles. The van der Waals surface area contributed by atoms with E-state index in [1.165, 1.54) is 12.1 Å². The summed E-state index contributed by atoms with van der Waals surface area (Å²) in [7, 11) is 0. The number of hydrogen-bond donors (Lipinski definition) is 2. The highest BCUT2D eigenvalue weighted by atomic mass is 35.5. The number of halogens is 2. The van der Waals surface area contributed by atoms with E-state index >= 15 is 0 Å². The van der Waals surface area contributed by atoms with Gasteiger partial charge in [-0.1, -0.05) is 35.9 Å². The van der Waals surface area contributed by atoms with Gasteiger partial charge in [-0.15, -0.1) is 0 Å². The lowest BCUT2D eigenvalue weighted by molar-refractivity contribution is 0.285. The second kappa shape index (κ2) is 8.73. The second-order valence-corrected chi connectivity index (χ2v) is 5.29. The first-order chi connectivity index (χ1) is 10.7. The minimum absolute atomic E-state index is 0.175. The number of para-hydroxylation sites is 1. The van der Waals surface area contributed by atoms with Crippen LogP contribution in [0.4, 0.5) is 4.39 Å². The van der Waals surface area contributed by atoms with Gasteiger partial charge in [-0.25, -0.2) is 4.39 Å². The van der Waals surface area contributed by atoms with E-state index in [-0.39, 0.29) is 19.0 Å². The highest BCUT2D eigenvalue weighted by Gasteiger charge is 2.06. The van der Waals surface area contributed by atoms with E-state index in [0.29, 0.717) is 18.0 Å². The Morgan fingerprint density at radius 3 is 2.73 bits per heavy atom. The van der Waals surface area contributed by atoms with Crippen LogP contribution in [0.25, 0.3) is 0 Å². The lowest BCUT2D eigenvalue weighted by Crippen LogP contribution is -2.16. The number of rotatable bonds is 8. The van der Waals surface area contributed by atoms with Gasteiger partial charge in [-0.2, -0.15) is 0 Å². The first-order valence-corrected chi connectivity index (χ1v) is 7.54. The van der Waals surface area contributed by atoms with E-state index in [0.717, 1.165) is 23.4 Å². The summed E-state index contributed by atoms with van der Waals surface area (Å²) in [6.07, 6.45) is 0.716. The summed E-state index contributed by atoms with van der Waals surface area (Å²) in [6, 6.07) is 12.0. The van der Waals surface area contributed by atoms with Gasteiger partial charge in [-0.3, -0.25) is 0 Å². The Labute approximate surface area is 134 Å². The molecule has 0 bridgehead atoms. The van der Waals surface area contributed by atoms with Crippen LogP contribution in [0.2, 0.25) is 5.02 Å². The molecule has 2 aromatic rings. The van der Waals surface area contributed by atoms with Gasteiger partial charge >= 0.3 is 0 Å². The van der Waals surface area contributed by atoms with Crippen LogP contribution in [0.5, 0.6) is 5.75 Å². The van der Waals surface area contributed by atoms with Crippen LogP contribution in [-0.4, -0.2) is 18.3 Å². The minimum Gasteiger partial charge on any atom is -0.489 e. The van der Waals surface area contributed by atoms with Gasteiger partial charge in [0.25, 0.3) is 0 Å². The molecule has 0 unspecified atom stereocenters. The quantitative estimate of drug-likeness (QED) is 0.730. The van der Waals surface area contributed by atoms with Crippen molar-refractivity contribution in [3.63, 3.8) is 0 Å². The van der Waals surface area contributed by atoms with E-state index in [4.69, 9.17) is 21.4 Å². The van der Waals surface area contributed by atoms with E-state index < -0.39 is 0 Å². The molecule has 0 aliphatic carbocycles. The Morgan fingerprint density at radius 2 is 1.95 bits per heavy atom. The molecule has 5 heteroatoms. The Bertz CT molecular complexity index is 607. The minimum atomic E-state index is -0.359. The summed E-state index contributed by atoms with van der Waals surface area (Å²) < 4.78 is 18.8. The predicted octanol–water partition coefficient (Wildman–Crippen LogP) is 3.53. The van der Waals surface area contributed by atoms with Gasteiger partial charge in [0.1, 0.15) is 18.2 Å². The highest BCUT2D eigenvalue weighted by Crippen LogP contribution is 2.22. The molecule has 0 aliphatic rings. The molecule has 0 radical (unpaired) electrons. The van der Waals surface area contributed by atoms with Gasteiger partial charge < -0.3 is 15.2 Å². The van der Waals surface area contributed by atoms with Crippen molar-refractivity contribution in [1.29, 1.82) is 0 Å². The molecule has 118 valence electrons. The Kier molecular flexibility index (Phi) is 6.65. The maximum atomic E-state index is 13.0.